The average Bonchev–Trinajstić information content (AvgIpc) is 3.01. The lowest BCUT2D eigenvalue weighted by Crippen LogP contribution is -2.30. The van der Waals surface area contributed by atoms with Crippen LogP contribution >= 0.6 is 22.9 Å². The number of carbonyl (C=O) groups is 2. The number of ether oxygens (including phenoxy) is 2. The van der Waals surface area contributed by atoms with Gasteiger partial charge in [-0.3, -0.25) is 4.79 Å². The number of anilines is 1. The van der Waals surface area contributed by atoms with Crippen LogP contribution in [0.3, 0.4) is 0 Å². The van der Waals surface area contributed by atoms with Gasteiger partial charge in [0, 0.05) is 9.90 Å². The van der Waals surface area contributed by atoms with Crippen LogP contribution in [0.4, 0.5) is 5.00 Å². The minimum atomic E-state index is -0.727. The first-order valence-electron chi connectivity index (χ1n) is 8.87. The molecule has 2 aromatic rings. The second-order valence-electron chi connectivity index (χ2n) is 6.57. The molecule has 7 heteroatoms. The molecule has 5 nitrogen and oxygen atoms in total. The third-order valence-electron chi connectivity index (χ3n) is 4.61. The predicted octanol–water partition coefficient (Wildman–Crippen LogP) is 4.78. The Hall–Kier alpha value is -2.05. The summed E-state index contributed by atoms with van der Waals surface area (Å²) in [5.74, 6) is -0.124. The summed E-state index contributed by atoms with van der Waals surface area (Å²) < 4.78 is 10.7. The van der Waals surface area contributed by atoms with Gasteiger partial charge in [-0.1, -0.05) is 11.6 Å². The van der Waals surface area contributed by atoms with Crippen molar-refractivity contribution in [3.05, 3.63) is 44.8 Å². The standard InChI is InChI=1S/C20H22ClNO4S/c1-11-10-13(21)8-9-15(11)26-12(2)18(23)22-19-17(20(24)25-3)14-6-4-5-7-16(14)27-19/h8-10,12H,4-7H2,1-3H3,(H,22,23)/t12-/m1/s1. The third-order valence-corrected chi connectivity index (χ3v) is 6.05. The third kappa shape index (κ3) is 4.28. The van der Waals surface area contributed by atoms with Crippen molar-refractivity contribution in [2.24, 2.45) is 0 Å². The van der Waals surface area contributed by atoms with Crippen molar-refractivity contribution in [2.75, 3.05) is 12.4 Å². The van der Waals surface area contributed by atoms with E-state index in [0.29, 0.717) is 21.3 Å². The number of nitrogens with one attached hydrogen (secondary N) is 1. The fourth-order valence-corrected chi connectivity index (χ4v) is 4.68. The van der Waals surface area contributed by atoms with Crippen LogP contribution in [0.2, 0.25) is 5.02 Å². The number of thiophene rings is 1. The van der Waals surface area contributed by atoms with Gasteiger partial charge in [0.25, 0.3) is 5.91 Å². The maximum Gasteiger partial charge on any atom is 0.341 e. The van der Waals surface area contributed by atoms with Gasteiger partial charge in [-0.25, -0.2) is 4.79 Å². The molecule has 0 spiro atoms. The lowest BCUT2D eigenvalue weighted by Gasteiger charge is -2.16. The van der Waals surface area contributed by atoms with Gasteiger partial charge in [-0.15, -0.1) is 11.3 Å². The molecule has 0 unspecified atom stereocenters. The zero-order valence-electron chi connectivity index (χ0n) is 15.6. The first-order chi connectivity index (χ1) is 12.9. The lowest BCUT2D eigenvalue weighted by molar-refractivity contribution is -0.122. The number of hydrogen-bond donors (Lipinski definition) is 1. The Kier molecular flexibility index (Phi) is 6.07. The summed E-state index contributed by atoms with van der Waals surface area (Å²) in [6.45, 7) is 3.54. The van der Waals surface area contributed by atoms with Crippen molar-refractivity contribution in [1.29, 1.82) is 0 Å². The molecule has 3 rings (SSSR count). The molecule has 1 aromatic heterocycles. The fraction of sp³-hybridized carbons (Fsp3) is 0.400. The van der Waals surface area contributed by atoms with Crippen LogP contribution in [-0.2, 0) is 22.4 Å². The number of fused-ring (bicyclic) bond motifs is 1. The highest BCUT2D eigenvalue weighted by Crippen LogP contribution is 2.38. The largest absolute Gasteiger partial charge is 0.481 e. The topological polar surface area (TPSA) is 64.6 Å². The number of amides is 1. The molecule has 0 radical (unpaired) electrons. The van der Waals surface area contributed by atoms with E-state index in [-0.39, 0.29) is 5.91 Å². The van der Waals surface area contributed by atoms with E-state index in [1.165, 1.54) is 18.4 Å². The van der Waals surface area contributed by atoms with Crippen molar-refractivity contribution >= 4 is 39.8 Å². The van der Waals surface area contributed by atoms with Crippen LogP contribution in [0.5, 0.6) is 5.75 Å². The molecule has 0 saturated heterocycles. The molecule has 1 atom stereocenters. The zero-order valence-corrected chi connectivity index (χ0v) is 17.1. The number of carbonyl (C=O) groups excluding carboxylic acids is 2. The molecular formula is C20H22ClNO4S. The number of methoxy groups -OCH3 is 1. The molecular weight excluding hydrogens is 386 g/mol. The lowest BCUT2D eigenvalue weighted by atomic mass is 9.95. The van der Waals surface area contributed by atoms with E-state index in [0.717, 1.165) is 41.7 Å². The van der Waals surface area contributed by atoms with E-state index < -0.39 is 12.1 Å². The Balaban J connectivity index is 1.79. The van der Waals surface area contributed by atoms with Gasteiger partial charge in [0.15, 0.2) is 6.10 Å². The Morgan fingerprint density at radius 3 is 2.70 bits per heavy atom. The minimum absolute atomic E-state index is 0.312. The molecule has 1 aliphatic carbocycles. The minimum Gasteiger partial charge on any atom is -0.481 e. The SMILES string of the molecule is COC(=O)c1c(NC(=O)[C@@H](C)Oc2ccc(Cl)cc2C)sc2c1CCCC2. The summed E-state index contributed by atoms with van der Waals surface area (Å²) in [4.78, 5) is 26.1. The number of benzene rings is 1. The van der Waals surface area contributed by atoms with Crippen LogP contribution in [0.25, 0.3) is 0 Å². The molecule has 27 heavy (non-hydrogen) atoms. The van der Waals surface area contributed by atoms with Crippen molar-refractivity contribution in [3.63, 3.8) is 0 Å². The second-order valence-corrected chi connectivity index (χ2v) is 8.11. The zero-order chi connectivity index (χ0) is 19.6. The van der Waals surface area contributed by atoms with Crippen molar-refractivity contribution < 1.29 is 19.1 Å². The molecule has 1 amide bonds. The smallest absolute Gasteiger partial charge is 0.341 e. The number of halogens is 1. The Bertz CT molecular complexity index is 877. The van der Waals surface area contributed by atoms with E-state index >= 15 is 0 Å². The Labute approximate surface area is 167 Å². The molecule has 1 N–H and O–H groups in total. The highest BCUT2D eigenvalue weighted by atomic mass is 35.5. The molecule has 1 aromatic carbocycles. The molecule has 1 heterocycles. The normalized spacial score (nSPS) is 14.2. The van der Waals surface area contributed by atoms with E-state index in [1.807, 2.05) is 6.92 Å². The van der Waals surface area contributed by atoms with Crippen molar-refractivity contribution in [2.45, 2.75) is 45.6 Å². The van der Waals surface area contributed by atoms with Crippen molar-refractivity contribution in [3.8, 4) is 5.75 Å². The number of hydrogen-bond acceptors (Lipinski definition) is 5. The van der Waals surface area contributed by atoms with Crippen LogP contribution in [0.15, 0.2) is 18.2 Å². The molecule has 0 aliphatic heterocycles. The number of aryl methyl sites for hydroxylation is 2. The van der Waals surface area contributed by atoms with E-state index in [9.17, 15) is 9.59 Å². The maximum absolute atomic E-state index is 12.7. The molecule has 1 aliphatic rings. The molecule has 0 fully saturated rings. The van der Waals surface area contributed by atoms with E-state index in [1.54, 1.807) is 25.1 Å². The molecule has 0 saturated carbocycles. The summed E-state index contributed by atoms with van der Waals surface area (Å²) in [7, 11) is 1.36. The van der Waals surface area contributed by atoms with Gasteiger partial charge in [-0.05, 0) is 68.9 Å². The van der Waals surface area contributed by atoms with E-state index in [4.69, 9.17) is 21.1 Å². The fourth-order valence-electron chi connectivity index (χ4n) is 3.17. The average molecular weight is 408 g/mol. The first-order valence-corrected chi connectivity index (χ1v) is 10.1. The summed E-state index contributed by atoms with van der Waals surface area (Å²) >= 11 is 7.41. The summed E-state index contributed by atoms with van der Waals surface area (Å²) in [6, 6.07) is 5.24. The monoisotopic (exact) mass is 407 g/mol. The van der Waals surface area contributed by atoms with Gasteiger partial charge >= 0.3 is 5.97 Å². The highest BCUT2D eigenvalue weighted by molar-refractivity contribution is 7.17. The number of rotatable bonds is 5. The van der Waals surface area contributed by atoms with Gasteiger partial charge in [0.05, 0.1) is 12.7 Å². The van der Waals surface area contributed by atoms with Crippen molar-refractivity contribution in [1.82, 2.24) is 0 Å². The molecule has 144 valence electrons. The predicted molar refractivity (Wildman–Crippen MR) is 107 cm³/mol. The highest BCUT2D eigenvalue weighted by Gasteiger charge is 2.28. The maximum atomic E-state index is 12.7. The Morgan fingerprint density at radius 2 is 2.00 bits per heavy atom. The van der Waals surface area contributed by atoms with Gasteiger partial charge in [0.2, 0.25) is 0 Å². The van der Waals surface area contributed by atoms with Gasteiger partial charge < -0.3 is 14.8 Å². The molecule has 0 bridgehead atoms. The summed E-state index contributed by atoms with van der Waals surface area (Å²) in [5.41, 5.74) is 2.35. The van der Waals surface area contributed by atoms with Crippen LogP contribution in [0, 0.1) is 6.92 Å². The van der Waals surface area contributed by atoms with Gasteiger partial charge in [-0.2, -0.15) is 0 Å². The van der Waals surface area contributed by atoms with E-state index in [2.05, 4.69) is 5.32 Å². The number of esters is 1. The van der Waals surface area contributed by atoms with Crippen LogP contribution in [-0.4, -0.2) is 25.1 Å². The quantitative estimate of drug-likeness (QED) is 0.724. The first kappa shape index (κ1) is 19.7. The second kappa shape index (κ2) is 8.31. The summed E-state index contributed by atoms with van der Waals surface area (Å²) in [6.07, 6.45) is 3.17. The van der Waals surface area contributed by atoms with Crippen LogP contribution in [0.1, 0.15) is 46.1 Å². The van der Waals surface area contributed by atoms with Gasteiger partial charge in [0.1, 0.15) is 10.8 Å². The van der Waals surface area contributed by atoms with Crippen LogP contribution < -0.4 is 10.1 Å². The Morgan fingerprint density at radius 1 is 1.26 bits per heavy atom. The summed E-state index contributed by atoms with van der Waals surface area (Å²) in [5, 5.41) is 4.02.